The molecule has 0 aliphatic rings. The number of anilines is 1. The van der Waals surface area contributed by atoms with Crippen molar-refractivity contribution in [2.45, 2.75) is 20.0 Å². The highest BCUT2D eigenvalue weighted by Gasteiger charge is 2.03. The molecule has 0 aromatic heterocycles. The van der Waals surface area contributed by atoms with Crippen LogP contribution in [0.15, 0.2) is 42.5 Å². The second-order valence-corrected chi connectivity index (χ2v) is 4.36. The van der Waals surface area contributed by atoms with Gasteiger partial charge in [-0.3, -0.25) is 0 Å². The standard InChI is InChI=1S/C16H19NO2/c1-3-13-6-4-5-7-16(13)19-11-12-8-14(17)10-15(9-12)18-2/h4-10H,3,11,17H2,1-2H3. The van der Waals surface area contributed by atoms with Gasteiger partial charge < -0.3 is 15.2 Å². The number of methoxy groups -OCH3 is 1. The average molecular weight is 257 g/mol. The van der Waals surface area contributed by atoms with Crippen LogP contribution in [0.1, 0.15) is 18.1 Å². The first-order valence-electron chi connectivity index (χ1n) is 6.37. The van der Waals surface area contributed by atoms with Crippen LogP contribution in [0.25, 0.3) is 0 Å². The van der Waals surface area contributed by atoms with E-state index in [1.165, 1.54) is 5.56 Å². The van der Waals surface area contributed by atoms with Crippen LogP contribution >= 0.6 is 0 Å². The Morgan fingerprint density at radius 2 is 1.89 bits per heavy atom. The maximum atomic E-state index is 5.86. The first-order chi connectivity index (χ1) is 9.22. The molecule has 0 aliphatic carbocycles. The third-order valence-electron chi connectivity index (χ3n) is 2.97. The lowest BCUT2D eigenvalue weighted by Crippen LogP contribution is -2.00. The second-order valence-electron chi connectivity index (χ2n) is 4.36. The molecule has 0 bridgehead atoms. The minimum atomic E-state index is 0.485. The molecule has 0 unspecified atom stereocenters. The number of ether oxygens (including phenoxy) is 2. The molecule has 0 spiro atoms. The van der Waals surface area contributed by atoms with Crippen molar-refractivity contribution in [1.29, 1.82) is 0 Å². The van der Waals surface area contributed by atoms with Crippen molar-refractivity contribution < 1.29 is 9.47 Å². The lowest BCUT2D eigenvalue weighted by atomic mass is 10.1. The van der Waals surface area contributed by atoms with E-state index in [4.69, 9.17) is 15.2 Å². The summed E-state index contributed by atoms with van der Waals surface area (Å²) < 4.78 is 11.1. The molecule has 0 atom stereocenters. The van der Waals surface area contributed by atoms with Crippen LogP contribution in [0, 0.1) is 0 Å². The molecule has 3 heteroatoms. The molecular formula is C16H19NO2. The smallest absolute Gasteiger partial charge is 0.122 e. The van der Waals surface area contributed by atoms with Crippen LogP contribution in [0.5, 0.6) is 11.5 Å². The van der Waals surface area contributed by atoms with E-state index < -0.39 is 0 Å². The maximum Gasteiger partial charge on any atom is 0.122 e. The average Bonchev–Trinajstić information content (AvgIpc) is 2.44. The largest absolute Gasteiger partial charge is 0.497 e. The summed E-state index contributed by atoms with van der Waals surface area (Å²) in [6, 6.07) is 13.7. The van der Waals surface area contributed by atoms with Gasteiger partial charge in [0.1, 0.15) is 18.1 Å². The zero-order valence-corrected chi connectivity index (χ0v) is 11.3. The molecule has 2 aromatic rings. The maximum absolute atomic E-state index is 5.86. The number of hydrogen-bond acceptors (Lipinski definition) is 3. The van der Waals surface area contributed by atoms with E-state index in [0.29, 0.717) is 12.3 Å². The topological polar surface area (TPSA) is 44.5 Å². The van der Waals surface area contributed by atoms with Gasteiger partial charge in [-0.1, -0.05) is 25.1 Å². The SMILES string of the molecule is CCc1ccccc1OCc1cc(N)cc(OC)c1. The van der Waals surface area contributed by atoms with Gasteiger partial charge in [0.15, 0.2) is 0 Å². The van der Waals surface area contributed by atoms with E-state index in [2.05, 4.69) is 13.0 Å². The zero-order chi connectivity index (χ0) is 13.7. The Morgan fingerprint density at radius 1 is 1.11 bits per heavy atom. The minimum absolute atomic E-state index is 0.485. The number of benzene rings is 2. The van der Waals surface area contributed by atoms with E-state index in [-0.39, 0.29) is 0 Å². The molecule has 3 nitrogen and oxygen atoms in total. The molecule has 0 radical (unpaired) electrons. The molecule has 2 rings (SSSR count). The van der Waals surface area contributed by atoms with Gasteiger partial charge in [0, 0.05) is 11.8 Å². The molecule has 2 aromatic carbocycles. The van der Waals surface area contributed by atoms with Crippen molar-refractivity contribution >= 4 is 5.69 Å². The fraction of sp³-hybridized carbons (Fsp3) is 0.250. The molecule has 2 N–H and O–H groups in total. The first kappa shape index (κ1) is 13.3. The predicted octanol–water partition coefficient (Wildman–Crippen LogP) is 3.42. The number of aryl methyl sites for hydroxylation is 1. The lowest BCUT2D eigenvalue weighted by molar-refractivity contribution is 0.302. The lowest BCUT2D eigenvalue weighted by Gasteiger charge is -2.11. The Kier molecular flexibility index (Phi) is 4.29. The van der Waals surface area contributed by atoms with E-state index in [1.807, 2.05) is 30.3 Å². The van der Waals surface area contributed by atoms with E-state index >= 15 is 0 Å². The van der Waals surface area contributed by atoms with E-state index in [9.17, 15) is 0 Å². The van der Waals surface area contributed by atoms with Crippen molar-refractivity contribution in [3.05, 3.63) is 53.6 Å². The highest BCUT2D eigenvalue weighted by molar-refractivity contribution is 5.47. The Hall–Kier alpha value is -2.16. The van der Waals surface area contributed by atoms with E-state index in [1.54, 1.807) is 13.2 Å². The normalized spacial score (nSPS) is 10.2. The van der Waals surface area contributed by atoms with Crippen molar-refractivity contribution in [3.63, 3.8) is 0 Å². The number of nitrogens with two attached hydrogens (primary N) is 1. The molecule has 0 heterocycles. The van der Waals surface area contributed by atoms with E-state index in [0.717, 1.165) is 23.5 Å². The zero-order valence-electron chi connectivity index (χ0n) is 11.3. The highest BCUT2D eigenvalue weighted by atomic mass is 16.5. The summed E-state index contributed by atoms with van der Waals surface area (Å²) in [7, 11) is 1.63. The summed E-state index contributed by atoms with van der Waals surface area (Å²) >= 11 is 0. The van der Waals surface area contributed by atoms with Crippen LogP contribution in [-0.4, -0.2) is 7.11 Å². The first-order valence-corrected chi connectivity index (χ1v) is 6.37. The summed E-state index contributed by atoms with van der Waals surface area (Å²) in [5.41, 5.74) is 8.72. The van der Waals surface area contributed by atoms with Gasteiger partial charge in [-0.05, 0) is 35.7 Å². The quantitative estimate of drug-likeness (QED) is 0.835. The molecule has 0 amide bonds. The van der Waals surface area contributed by atoms with Gasteiger partial charge in [-0.25, -0.2) is 0 Å². The van der Waals surface area contributed by atoms with Gasteiger partial charge in [0.05, 0.1) is 7.11 Å². The molecular weight excluding hydrogens is 238 g/mol. The molecule has 0 aliphatic heterocycles. The number of para-hydroxylation sites is 1. The fourth-order valence-corrected chi connectivity index (χ4v) is 1.99. The molecule has 0 fully saturated rings. The number of rotatable bonds is 5. The third-order valence-corrected chi connectivity index (χ3v) is 2.97. The Bertz CT molecular complexity index is 552. The van der Waals surface area contributed by atoms with Crippen LogP contribution in [0.4, 0.5) is 5.69 Å². The van der Waals surface area contributed by atoms with Gasteiger partial charge in [0.25, 0.3) is 0 Å². The Morgan fingerprint density at radius 3 is 2.63 bits per heavy atom. The van der Waals surface area contributed by atoms with Crippen molar-refractivity contribution in [2.75, 3.05) is 12.8 Å². The van der Waals surface area contributed by atoms with Crippen LogP contribution < -0.4 is 15.2 Å². The van der Waals surface area contributed by atoms with Gasteiger partial charge >= 0.3 is 0 Å². The predicted molar refractivity (Wildman–Crippen MR) is 77.6 cm³/mol. The minimum Gasteiger partial charge on any atom is -0.497 e. The highest BCUT2D eigenvalue weighted by Crippen LogP contribution is 2.22. The number of hydrogen-bond donors (Lipinski definition) is 1. The molecule has 19 heavy (non-hydrogen) atoms. The second kappa shape index (κ2) is 6.14. The Labute approximate surface area is 114 Å². The third kappa shape index (κ3) is 3.41. The van der Waals surface area contributed by atoms with Crippen LogP contribution in [0.3, 0.4) is 0 Å². The van der Waals surface area contributed by atoms with Crippen molar-refractivity contribution in [3.8, 4) is 11.5 Å². The molecule has 0 saturated heterocycles. The van der Waals surface area contributed by atoms with Gasteiger partial charge in [-0.2, -0.15) is 0 Å². The van der Waals surface area contributed by atoms with Gasteiger partial charge in [0.2, 0.25) is 0 Å². The summed E-state index contributed by atoms with van der Waals surface area (Å²) in [6.45, 7) is 2.60. The van der Waals surface area contributed by atoms with Crippen LogP contribution in [-0.2, 0) is 13.0 Å². The van der Waals surface area contributed by atoms with Crippen LogP contribution in [0.2, 0.25) is 0 Å². The molecule has 100 valence electrons. The summed E-state index contributed by atoms with van der Waals surface area (Å²) in [5.74, 6) is 1.67. The number of nitrogen functional groups attached to an aromatic ring is 1. The van der Waals surface area contributed by atoms with Gasteiger partial charge in [-0.15, -0.1) is 0 Å². The fourth-order valence-electron chi connectivity index (χ4n) is 1.99. The summed E-state index contributed by atoms with van der Waals surface area (Å²) in [5, 5.41) is 0. The Balaban J connectivity index is 2.12. The molecule has 0 saturated carbocycles. The van der Waals surface area contributed by atoms with Crippen molar-refractivity contribution in [1.82, 2.24) is 0 Å². The van der Waals surface area contributed by atoms with Crippen molar-refractivity contribution in [2.24, 2.45) is 0 Å². The monoisotopic (exact) mass is 257 g/mol. The summed E-state index contributed by atoms with van der Waals surface area (Å²) in [4.78, 5) is 0. The summed E-state index contributed by atoms with van der Waals surface area (Å²) in [6.07, 6.45) is 0.955.